The number of hydrogen-bond acceptors (Lipinski definition) is 4. The summed E-state index contributed by atoms with van der Waals surface area (Å²) in [6.45, 7) is 8.30. The lowest BCUT2D eigenvalue weighted by molar-refractivity contribution is 0.121. The Balaban J connectivity index is 2.30. The van der Waals surface area contributed by atoms with Crippen molar-refractivity contribution in [3.05, 3.63) is 0 Å². The van der Waals surface area contributed by atoms with Crippen molar-refractivity contribution in [3.8, 4) is 0 Å². The summed E-state index contributed by atoms with van der Waals surface area (Å²) in [6, 6.07) is 0. The van der Waals surface area contributed by atoms with Gasteiger partial charge in [0.25, 0.3) is 0 Å². The van der Waals surface area contributed by atoms with Gasteiger partial charge in [-0.05, 0) is 12.3 Å². The molecule has 1 aliphatic rings. The van der Waals surface area contributed by atoms with Crippen LogP contribution in [0.25, 0.3) is 0 Å². The van der Waals surface area contributed by atoms with Crippen LogP contribution in [-0.2, 0) is 4.74 Å². The first-order valence-electron chi connectivity index (χ1n) is 4.97. The highest BCUT2D eigenvalue weighted by Gasteiger charge is 2.23. The van der Waals surface area contributed by atoms with Crippen molar-refractivity contribution in [1.29, 1.82) is 0 Å². The maximum atomic E-state index is 5.16. The van der Waals surface area contributed by atoms with Gasteiger partial charge in [-0.3, -0.25) is 4.99 Å². The molecule has 0 amide bonds. The monoisotopic (exact) mass is 216 g/mol. The lowest BCUT2D eigenvalue weighted by atomic mass is 9.97. The van der Waals surface area contributed by atoms with Crippen LogP contribution in [0.3, 0.4) is 0 Å². The lowest BCUT2D eigenvalue weighted by Crippen LogP contribution is -2.35. The van der Waals surface area contributed by atoms with Crippen molar-refractivity contribution in [2.24, 2.45) is 10.4 Å². The second-order valence-corrected chi connectivity index (χ2v) is 5.47. The Bertz CT molecular complexity index is 216. The van der Waals surface area contributed by atoms with E-state index in [4.69, 9.17) is 4.74 Å². The quantitative estimate of drug-likeness (QED) is 0.780. The zero-order valence-corrected chi connectivity index (χ0v) is 10.3. The highest BCUT2D eigenvalue weighted by molar-refractivity contribution is 8.13. The van der Waals surface area contributed by atoms with Crippen molar-refractivity contribution in [1.82, 2.24) is 5.32 Å². The third kappa shape index (κ3) is 3.88. The van der Waals surface area contributed by atoms with Gasteiger partial charge in [0.05, 0.1) is 6.10 Å². The number of aliphatic imine (C=N–C) groups is 1. The van der Waals surface area contributed by atoms with Gasteiger partial charge in [0.15, 0.2) is 5.17 Å². The average Bonchev–Trinajstić information content (AvgIpc) is 2.16. The van der Waals surface area contributed by atoms with Gasteiger partial charge in [0.1, 0.15) is 0 Å². The first kappa shape index (κ1) is 11.9. The van der Waals surface area contributed by atoms with Crippen LogP contribution in [-0.4, -0.2) is 37.2 Å². The lowest BCUT2D eigenvalue weighted by Gasteiger charge is -2.27. The van der Waals surface area contributed by atoms with Crippen LogP contribution >= 0.6 is 11.8 Å². The largest absolute Gasteiger partial charge is 0.380 e. The van der Waals surface area contributed by atoms with E-state index in [-0.39, 0.29) is 6.10 Å². The van der Waals surface area contributed by atoms with Gasteiger partial charge < -0.3 is 10.1 Å². The van der Waals surface area contributed by atoms with E-state index in [1.54, 1.807) is 18.9 Å². The molecule has 0 aromatic rings. The molecule has 3 nitrogen and oxygen atoms in total. The molecule has 0 saturated heterocycles. The summed E-state index contributed by atoms with van der Waals surface area (Å²) in [5.74, 6) is 1.14. The fraction of sp³-hybridized carbons (Fsp3) is 0.900. The van der Waals surface area contributed by atoms with E-state index in [0.717, 1.165) is 24.0 Å². The van der Waals surface area contributed by atoms with Gasteiger partial charge in [0.2, 0.25) is 0 Å². The van der Waals surface area contributed by atoms with E-state index in [1.165, 1.54) is 0 Å². The van der Waals surface area contributed by atoms with Crippen molar-refractivity contribution in [2.75, 3.05) is 26.0 Å². The van der Waals surface area contributed by atoms with Gasteiger partial charge in [-0.1, -0.05) is 25.6 Å². The van der Waals surface area contributed by atoms with Crippen LogP contribution in [0.2, 0.25) is 0 Å². The van der Waals surface area contributed by atoms with Crippen LogP contribution in [0.15, 0.2) is 4.99 Å². The van der Waals surface area contributed by atoms with E-state index in [1.807, 2.05) is 6.92 Å². The van der Waals surface area contributed by atoms with E-state index in [0.29, 0.717) is 5.41 Å². The predicted octanol–water partition coefficient (Wildman–Crippen LogP) is 1.74. The Morgan fingerprint density at radius 2 is 2.36 bits per heavy atom. The van der Waals surface area contributed by atoms with Gasteiger partial charge in [-0.2, -0.15) is 0 Å². The summed E-state index contributed by atoms with van der Waals surface area (Å²) in [5.41, 5.74) is 0.350. The number of thioether (sulfide) groups is 1. The molecule has 0 aromatic carbocycles. The van der Waals surface area contributed by atoms with Crippen LogP contribution in [0.1, 0.15) is 20.8 Å². The maximum absolute atomic E-state index is 5.16. The summed E-state index contributed by atoms with van der Waals surface area (Å²) in [4.78, 5) is 4.50. The molecule has 14 heavy (non-hydrogen) atoms. The van der Waals surface area contributed by atoms with Crippen molar-refractivity contribution in [2.45, 2.75) is 26.9 Å². The summed E-state index contributed by atoms with van der Waals surface area (Å²) < 4.78 is 5.16. The van der Waals surface area contributed by atoms with Crippen molar-refractivity contribution in [3.63, 3.8) is 0 Å². The van der Waals surface area contributed by atoms with Crippen molar-refractivity contribution < 1.29 is 4.74 Å². The molecule has 1 rings (SSSR count). The Morgan fingerprint density at radius 3 is 2.86 bits per heavy atom. The molecule has 1 heterocycles. The average molecular weight is 216 g/mol. The molecule has 0 radical (unpaired) electrons. The van der Waals surface area contributed by atoms with Crippen LogP contribution < -0.4 is 5.32 Å². The summed E-state index contributed by atoms with van der Waals surface area (Å²) in [5, 5.41) is 4.36. The number of hydrogen-bond donors (Lipinski definition) is 1. The molecule has 4 heteroatoms. The number of amidine groups is 1. The predicted molar refractivity (Wildman–Crippen MR) is 63.0 cm³/mol. The standard InChI is InChI=1S/C10H20N2OS/c1-8(13-4)5-11-9-12-6-10(2,3)7-14-9/h8H,5-7H2,1-4H3,(H,11,12). The Kier molecular flexibility index (Phi) is 4.26. The van der Waals surface area contributed by atoms with Gasteiger partial charge >= 0.3 is 0 Å². The molecule has 0 aliphatic carbocycles. The Labute approximate surface area is 90.7 Å². The number of methoxy groups -OCH3 is 1. The van der Waals surface area contributed by atoms with E-state index in [2.05, 4.69) is 24.2 Å². The molecular formula is C10H20N2OS. The first-order valence-corrected chi connectivity index (χ1v) is 5.96. The van der Waals surface area contributed by atoms with Gasteiger partial charge in [-0.15, -0.1) is 0 Å². The minimum absolute atomic E-state index is 0.244. The van der Waals surface area contributed by atoms with E-state index >= 15 is 0 Å². The third-order valence-corrected chi connectivity index (χ3v) is 3.67. The third-order valence-electron chi connectivity index (χ3n) is 2.19. The first-order chi connectivity index (χ1) is 6.53. The summed E-state index contributed by atoms with van der Waals surface area (Å²) in [7, 11) is 1.73. The molecule has 0 spiro atoms. The van der Waals surface area contributed by atoms with E-state index in [9.17, 15) is 0 Å². The minimum Gasteiger partial charge on any atom is -0.380 e. The van der Waals surface area contributed by atoms with Crippen molar-refractivity contribution >= 4 is 16.9 Å². The zero-order valence-electron chi connectivity index (χ0n) is 9.46. The molecule has 0 fully saturated rings. The van der Waals surface area contributed by atoms with Gasteiger partial charge in [0, 0.05) is 26.0 Å². The number of nitrogens with zero attached hydrogens (tertiary/aromatic N) is 1. The summed E-state index contributed by atoms with van der Waals surface area (Å²) in [6.07, 6.45) is 0.244. The highest BCUT2D eigenvalue weighted by Crippen LogP contribution is 2.26. The highest BCUT2D eigenvalue weighted by atomic mass is 32.2. The molecule has 0 bridgehead atoms. The Morgan fingerprint density at radius 1 is 1.64 bits per heavy atom. The van der Waals surface area contributed by atoms with Crippen LogP contribution in [0.5, 0.6) is 0 Å². The van der Waals surface area contributed by atoms with Crippen LogP contribution in [0.4, 0.5) is 0 Å². The van der Waals surface area contributed by atoms with E-state index < -0.39 is 0 Å². The van der Waals surface area contributed by atoms with Gasteiger partial charge in [-0.25, -0.2) is 0 Å². The molecule has 1 atom stereocenters. The molecule has 0 saturated carbocycles. The number of rotatable bonds is 3. The Hall–Kier alpha value is -0.220. The number of ether oxygens (including phenoxy) is 1. The SMILES string of the molecule is COC(C)CNC1=NCC(C)(C)CS1. The van der Waals surface area contributed by atoms with Crippen LogP contribution in [0, 0.1) is 5.41 Å². The second kappa shape index (κ2) is 5.03. The molecule has 0 aromatic heterocycles. The fourth-order valence-electron chi connectivity index (χ4n) is 1.06. The smallest absolute Gasteiger partial charge is 0.156 e. The minimum atomic E-state index is 0.244. The molecule has 1 N–H and O–H groups in total. The molecule has 82 valence electrons. The molecular weight excluding hydrogens is 196 g/mol. The molecule has 1 unspecified atom stereocenters. The maximum Gasteiger partial charge on any atom is 0.156 e. The normalized spacial score (nSPS) is 22.7. The molecule has 1 aliphatic heterocycles. The summed E-state index contributed by atoms with van der Waals surface area (Å²) >= 11 is 1.81. The number of nitrogens with one attached hydrogen (secondary N) is 1. The fourth-order valence-corrected chi connectivity index (χ4v) is 2.02. The topological polar surface area (TPSA) is 33.6 Å². The zero-order chi connectivity index (χ0) is 10.6. The second-order valence-electron chi connectivity index (χ2n) is 4.50.